The van der Waals surface area contributed by atoms with Gasteiger partial charge in [-0.1, -0.05) is 19.9 Å². The molecule has 0 radical (unpaired) electrons. The van der Waals surface area contributed by atoms with Crippen LogP contribution in [0.1, 0.15) is 33.6 Å². The van der Waals surface area contributed by atoms with Crippen molar-refractivity contribution in [2.75, 3.05) is 19.6 Å². The Hall–Kier alpha value is -0.830. The zero-order valence-electron chi connectivity index (χ0n) is 9.55. The predicted octanol–water partition coefficient (Wildman–Crippen LogP) is 1.54. The summed E-state index contributed by atoms with van der Waals surface area (Å²) in [6.07, 6.45) is 3.71. The lowest BCUT2D eigenvalue weighted by Crippen LogP contribution is -2.36. The molecule has 0 aromatic rings. The summed E-state index contributed by atoms with van der Waals surface area (Å²) in [5, 5.41) is 0. The maximum absolute atomic E-state index is 11.9. The van der Waals surface area contributed by atoms with Crippen molar-refractivity contribution >= 4 is 5.91 Å². The second kappa shape index (κ2) is 7.56. The van der Waals surface area contributed by atoms with E-state index in [1.165, 1.54) is 0 Å². The molecule has 0 aliphatic heterocycles. The molecule has 0 aromatic carbocycles. The van der Waals surface area contributed by atoms with E-state index in [0.29, 0.717) is 13.1 Å². The number of hydrogen-bond acceptors (Lipinski definition) is 2. The number of amides is 1. The summed E-state index contributed by atoms with van der Waals surface area (Å²) >= 11 is 0. The monoisotopic (exact) mass is 198 g/mol. The van der Waals surface area contributed by atoms with Gasteiger partial charge in [0.2, 0.25) is 5.91 Å². The van der Waals surface area contributed by atoms with Gasteiger partial charge in [-0.25, -0.2) is 0 Å². The Morgan fingerprint density at radius 3 is 2.36 bits per heavy atom. The highest BCUT2D eigenvalue weighted by molar-refractivity contribution is 5.93. The average molecular weight is 198 g/mol. The predicted molar refractivity (Wildman–Crippen MR) is 60.0 cm³/mol. The van der Waals surface area contributed by atoms with E-state index >= 15 is 0 Å². The Labute approximate surface area is 87.0 Å². The van der Waals surface area contributed by atoms with Crippen LogP contribution in [0.25, 0.3) is 0 Å². The minimum atomic E-state index is 0.141. The molecule has 0 saturated carbocycles. The van der Waals surface area contributed by atoms with Crippen LogP contribution in [0.5, 0.6) is 0 Å². The molecule has 3 nitrogen and oxygen atoms in total. The van der Waals surface area contributed by atoms with Crippen molar-refractivity contribution in [3.05, 3.63) is 11.6 Å². The van der Waals surface area contributed by atoms with E-state index in [0.717, 1.165) is 25.0 Å². The van der Waals surface area contributed by atoms with Crippen LogP contribution in [-0.2, 0) is 4.79 Å². The molecule has 0 spiro atoms. The molecule has 2 N–H and O–H groups in total. The SMILES string of the molecule is CCC=C(CC)C(=O)N(CC)CCN. The molecule has 0 aromatic heterocycles. The van der Waals surface area contributed by atoms with Gasteiger partial charge in [-0.15, -0.1) is 0 Å². The highest BCUT2D eigenvalue weighted by Gasteiger charge is 2.13. The van der Waals surface area contributed by atoms with Gasteiger partial charge in [0.15, 0.2) is 0 Å². The highest BCUT2D eigenvalue weighted by Crippen LogP contribution is 2.07. The van der Waals surface area contributed by atoms with Crippen LogP contribution in [0.2, 0.25) is 0 Å². The van der Waals surface area contributed by atoms with Gasteiger partial charge in [0.25, 0.3) is 0 Å². The number of rotatable bonds is 6. The Bertz CT molecular complexity index is 199. The fourth-order valence-corrected chi connectivity index (χ4v) is 1.39. The van der Waals surface area contributed by atoms with Crippen molar-refractivity contribution < 1.29 is 4.79 Å². The van der Waals surface area contributed by atoms with Gasteiger partial charge in [0.05, 0.1) is 0 Å². The summed E-state index contributed by atoms with van der Waals surface area (Å²) in [6, 6.07) is 0. The van der Waals surface area contributed by atoms with E-state index in [2.05, 4.69) is 0 Å². The Kier molecular flexibility index (Phi) is 7.11. The highest BCUT2D eigenvalue weighted by atomic mass is 16.2. The van der Waals surface area contributed by atoms with E-state index in [9.17, 15) is 4.79 Å². The van der Waals surface area contributed by atoms with Crippen LogP contribution in [0.3, 0.4) is 0 Å². The number of carbonyl (C=O) groups is 1. The summed E-state index contributed by atoms with van der Waals surface area (Å²) in [5.41, 5.74) is 6.35. The lowest BCUT2D eigenvalue weighted by Gasteiger charge is -2.21. The molecule has 0 aliphatic carbocycles. The summed E-state index contributed by atoms with van der Waals surface area (Å²) in [7, 11) is 0. The normalized spacial score (nSPS) is 11.6. The van der Waals surface area contributed by atoms with Gasteiger partial charge in [0, 0.05) is 25.2 Å². The third-order valence-electron chi connectivity index (χ3n) is 2.17. The maximum atomic E-state index is 11.9. The fraction of sp³-hybridized carbons (Fsp3) is 0.727. The summed E-state index contributed by atoms with van der Waals surface area (Å²) in [6.45, 7) is 7.95. The van der Waals surface area contributed by atoms with Crippen molar-refractivity contribution in [2.45, 2.75) is 33.6 Å². The second-order valence-electron chi connectivity index (χ2n) is 3.16. The van der Waals surface area contributed by atoms with Crippen LogP contribution in [0.4, 0.5) is 0 Å². The number of nitrogens with zero attached hydrogens (tertiary/aromatic N) is 1. The van der Waals surface area contributed by atoms with E-state index in [4.69, 9.17) is 5.73 Å². The van der Waals surface area contributed by atoms with Gasteiger partial charge < -0.3 is 10.6 Å². The Morgan fingerprint density at radius 2 is 2.00 bits per heavy atom. The molecule has 0 atom stereocenters. The third kappa shape index (κ3) is 3.92. The molecular formula is C11H22N2O. The molecule has 0 heterocycles. The number of nitrogens with two attached hydrogens (primary N) is 1. The minimum Gasteiger partial charge on any atom is -0.338 e. The van der Waals surface area contributed by atoms with Crippen LogP contribution in [0.15, 0.2) is 11.6 Å². The molecule has 0 rings (SSSR count). The standard InChI is InChI=1S/C11H22N2O/c1-4-7-10(5-2)11(14)13(6-3)9-8-12/h7H,4-6,8-9,12H2,1-3H3. The van der Waals surface area contributed by atoms with Gasteiger partial charge in [0.1, 0.15) is 0 Å². The topological polar surface area (TPSA) is 46.3 Å². The molecule has 1 amide bonds. The average Bonchev–Trinajstić information content (AvgIpc) is 2.21. The molecule has 14 heavy (non-hydrogen) atoms. The van der Waals surface area contributed by atoms with E-state index < -0.39 is 0 Å². The summed E-state index contributed by atoms with van der Waals surface area (Å²) < 4.78 is 0. The summed E-state index contributed by atoms with van der Waals surface area (Å²) in [4.78, 5) is 13.7. The van der Waals surface area contributed by atoms with Crippen LogP contribution in [-0.4, -0.2) is 30.4 Å². The molecule has 0 bridgehead atoms. The molecule has 82 valence electrons. The smallest absolute Gasteiger partial charge is 0.249 e. The van der Waals surface area contributed by atoms with Crippen LogP contribution < -0.4 is 5.73 Å². The zero-order chi connectivity index (χ0) is 11.0. The van der Waals surface area contributed by atoms with Crippen molar-refractivity contribution in [1.82, 2.24) is 4.90 Å². The maximum Gasteiger partial charge on any atom is 0.249 e. The van der Waals surface area contributed by atoms with Gasteiger partial charge in [-0.2, -0.15) is 0 Å². The lowest BCUT2D eigenvalue weighted by atomic mass is 10.1. The first kappa shape index (κ1) is 13.2. The lowest BCUT2D eigenvalue weighted by molar-refractivity contribution is -0.127. The molecule has 0 fully saturated rings. The molecule has 0 aliphatic rings. The molecular weight excluding hydrogens is 176 g/mol. The van der Waals surface area contributed by atoms with E-state index in [1.54, 1.807) is 4.90 Å². The largest absolute Gasteiger partial charge is 0.338 e. The summed E-state index contributed by atoms with van der Waals surface area (Å²) in [5.74, 6) is 0.141. The first-order valence-corrected chi connectivity index (χ1v) is 5.39. The number of likely N-dealkylation sites (N-methyl/N-ethyl adjacent to an activating group) is 1. The molecule has 0 unspecified atom stereocenters. The second-order valence-corrected chi connectivity index (χ2v) is 3.16. The van der Waals surface area contributed by atoms with Crippen molar-refractivity contribution in [1.29, 1.82) is 0 Å². The minimum absolute atomic E-state index is 0.141. The van der Waals surface area contributed by atoms with Crippen LogP contribution >= 0.6 is 0 Å². The molecule has 3 heteroatoms. The number of carbonyl (C=O) groups excluding carboxylic acids is 1. The van der Waals surface area contributed by atoms with Gasteiger partial charge >= 0.3 is 0 Å². The zero-order valence-corrected chi connectivity index (χ0v) is 9.55. The van der Waals surface area contributed by atoms with Crippen molar-refractivity contribution in [3.8, 4) is 0 Å². The van der Waals surface area contributed by atoms with Crippen molar-refractivity contribution in [2.24, 2.45) is 5.73 Å². The van der Waals surface area contributed by atoms with Crippen molar-refractivity contribution in [3.63, 3.8) is 0 Å². The molecule has 0 saturated heterocycles. The Balaban J connectivity index is 4.45. The van der Waals surface area contributed by atoms with Gasteiger partial charge in [-0.05, 0) is 19.8 Å². The van der Waals surface area contributed by atoms with Gasteiger partial charge in [-0.3, -0.25) is 4.79 Å². The number of hydrogen-bond donors (Lipinski definition) is 1. The first-order chi connectivity index (χ1) is 6.71. The Morgan fingerprint density at radius 1 is 1.36 bits per heavy atom. The first-order valence-electron chi connectivity index (χ1n) is 5.39. The van der Waals surface area contributed by atoms with E-state index in [1.807, 2.05) is 26.8 Å². The number of allylic oxidation sites excluding steroid dienone is 1. The third-order valence-corrected chi connectivity index (χ3v) is 2.17. The quantitative estimate of drug-likeness (QED) is 0.658. The van der Waals surface area contributed by atoms with E-state index in [-0.39, 0.29) is 5.91 Å². The van der Waals surface area contributed by atoms with Crippen LogP contribution in [0, 0.1) is 0 Å². The fourth-order valence-electron chi connectivity index (χ4n) is 1.39.